The highest BCUT2D eigenvalue weighted by molar-refractivity contribution is 5.65. The SMILES string of the molecule is O=C(O)N1CCC(=Cc2ccc(C(O)C3CCCC3)cc2)CC1. The number of aliphatic hydroxyl groups excluding tert-OH is 1. The van der Waals surface area contributed by atoms with Gasteiger partial charge in [-0.3, -0.25) is 0 Å². The summed E-state index contributed by atoms with van der Waals surface area (Å²) >= 11 is 0. The summed E-state index contributed by atoms with van der Waals surface area (Å²) in [6.07, 6.45) is 7.34. The number of hydrogen-bond acceptors (Lipinski definition) is 2. The predicted octanol–water partition coefficient (Wildman–Crippen LogP) is 4.07. The van der Waals surface area contributed by atoms with Crippen LogP contribution in [0.1, 0.15) is 55.8 Å². The lowest BCUT2D eigenvalue weighted by Gasteiger charge is -2.25. The molecule has 0 radical (unpaired) electrons. The molecule has 1 amide bonds. The molecule has 1 atom stereocenters. The summed E-state index contributed by atoms with van der Waals surface area (Å²) in [6.45, 7) is 1.17. The van der Waals surface area contributed by atoms with Crippen LogP contribution >= 0.6 is 0 Å². The van der Waals surface area contributed by atoms with E-state index >= 15 is 0 Å². The Bertz CT molecular complexity index is 563. The molecule has 23 heavy (non-hydrogen) atoms. The summed E-state index contributed by atoms with van der Waals surface area (Å²) in [5, 5.41) is 19.4. The highest BCUT2D eigenvalue weighted by Crippen LogP contribution is 2.35. The molecule has 1 aromatic carbocycles. The number of hydrogen-bond donors (Lipinski definition) is 2. The van der Waals surface area contributed by atoms with Crippen molar-refractivity contribution in [2.45, 2.75) is 44.6 Å². The standard InChI is InChI=1S/C19H25NO3/c21-18(16-3-1-2-4-16)17-7-5-14(6-8-17)13-15-9-11-20(12-10-15)19(22)23/h5-8,13,16,18,21H,1-4,9-12H2,(H,22,23). The first-order chi connectivity index (χ1) is 11.1. The second-order valence-electron chi connectivity index (χ2n) is 6.73. The van der Waals surface area contributed by atoms with Crippen LogP contribution in [0.15, 0.2) is 29.8 Å². The summed E-state index contributed by atoms with van der Waals surface area (Å²) < 4.78 is 0. The van der Waals surface area contributed by atoms with Gasteiger partial charge in [-0.05, 0) is 42.7 Å². The molecule has 0 aromatic heterocycles. The fourth-order valence-corrected chi connectivity index (χ4v) is 3.70. The lowest BCUT2D eigenvalue weighted by molar-refractivity contribution is 0.111. The average molecular weight is 315 g/mol. The van der Waals surface area contributed by atoms with E-state index in [0.29, 0.717) is 19.0 Å². The van der Waals surface area contributed by atoms with Crippen LogP contribution in [0, 0.1) is 5.92 Å². The minimum absolute atomic E-state index is 0.335. The van der Waals surface area contributed by atoms with E-state index in [-0.39, 0.29) is 6.10 Å². The molecule has 124 valence electrons. The maximum Gasteiger partial charge on any atom is 0.407 e. The Hall–Kier alpha value is -1.81. The third-order valence-corrected chi connectivity index (χ3v) is 5.17. The first-order valence-electron chi connectivity index (χ1n) is 8.59. The van der Waals surface area contributed by atoms with Crippen LogP contribution in [-0.2, 0) is 0 Å². The number of nitrogens with zero attached hydrogens (tertiary/aromatic N) is 1. The van der Waals surface area contributed by atoms with Gasteiger partial charge < -0.3 is 15.1 Å². The summed E-state index contributed by atoms with van der Waals surface area (Å²) in [5.74, 6) is 0.416. The number of amides is 1. The molecule has 1 aromatic rings. The van der Waals surface area contributed by atoms with Gasteiger partial charge in [0.1, 0.15) is 0 Å². The molecular formula is C19H25NO3. The number of piperidine rings is 1. The zero-order valence-corrected chi connectivity index (χ0v) is 13.4. The lowest BCUT2D eigenvalue weighted by atomic mass is 9.93. The second kappa shape index (κ2) is 7.18. The van der Waals surface area contributed by atoms with E-state index in [4.69, 9.17) is 5.11 Å². The highest BCUT2D eigenvalue weighted by atomic mass is 16.4. The van der Waals surface area contributed by atoms with Gasteiger partial charge in [-0.1, -0.05) is 48.8 Å². The molecule has 1 saturated heterocycles. The maximum atomic E-state index is 10.9. The molecule has 0 spiro atoms. The number of carboxylic acid groups (broad SMARTS) is 1. The summed E-state index contributed by atoms with van der Waals surface area (Å²) in [6, 6.07) is 8.18. The molecule has 0 bridgehead atoms. The minimum Gasteiger partial charge on any atom is -0.465 e. The van der Waals surface area contributed by atoms with Gasteiger partial charge in [0.05, 0.1) is 6.10 Å². The average Bonchev–Trinajstić information content (AvgIpc) is 3.10. The van der Waals surface area contributed by atoms with Gasteiger partial charge in [0.15, 0.2) is 0 Å². The van der Waals surface area contributed by atoms with Crippen molar-refractivity contribution >= 4 is 12.2 Å². The first kappa shape index (κ1) is 16.1. The number of benzene rings is 1. The Morgan fingerprint density at radius 1 is 1.13 bits per heavy atom. The van der Waals surface area contributed by atoms with Gasteiger partial charge in [0.2, 0.25) is 0 Å². The van der Waals surface area contributed by atoms with Crippen molar-refractivity contribution in [1.29, 1.82) is 0 Å². The quantitative estimate of drug-likeness (QED) is 0.884. The first-order valence-corrected chi connectivity index (χ1v) is 8.59. The van der Waals surface area contributed by atoms with E-state index in [0.717, 1.165) is 36.8 Å². The lowest BCUT2D eigenvalue weighted by Crippen LogP contribution is -2.35. The third kappa shape index (κ3) is 3.94. The van der Waals surface area contributed by atoms with Gasteiger partial charge in [-0.25, -0.2) is 4.79 Å². The highest BCUT2D eigenvalue weighted by Gasteiger charge is 2.24. The van der Waals surface area contributed by atoms with Crippen LogP contribution < -0.4 is 0 Å². The number of rotatable bonds is 3. The zero-order valence-electron chi connectivity index (χ0n) is 13.4. The molecule has 2 fully saturated rings. The number of carbonyl (C=O) groups is 1. The van der Waals surface area contributed by atoms with Crippen LogP contribution in [0.2, 0.25) is 0 Å². The molecule has 4 nitrogen and oxygen atoms in total. The van der Waals surface area contributed by atoms with E-state index in [2.05, 4.69) is 18.2 Å². The van der Waals surface area contributed by atoms with Gasteiger partial charge in [-0.15, -0.1) is 0 Å². The smallest absolute Gasteiger partial charge is 0.407 e. The Morgan fingerprint density at radius 3 is 2.30 bits per heavy atom. The Kier molecular flexibility index (Phi) is 5.01. The molecule has 1 aliphatic carbocycles. The molecule has 4 heteroatoms. The van der Waals surface area contributed by atoms with Gasteiger partial charge in [-0.2, -0.15) is 0 Å². The van der Waals surface area contributed by atoms with Crippen LogP contribution in [0.4, 0.5) is 4.79 Å². The minimum atomic E-state index is -0.825. The summed E-state index contributed by atoms with van der Waals surface area (Å²) in [5.41, 5.74) is 3.44. The van der Waals surface area contributed by atoms with Crippen molar-refractivity contribution in [3.05, 3.63) is 41.0 Å². The largest absolute Gasteiger partial charge is 0.465 e. The van der Waals surface area contributed by atoms with Crippen LogP contribution in [-0.4, -0.2) is 34.3 Å². The second-order valence-corrected chi connectivity index (χ2v) is 6.73. The molecule has 1 aliphatic heterocycles. The molecular weight excluding hydrogens is 290 g/mol. The molecule has 2 aliphatic rings. The maximum absolute atomic E-state index is 10.9. The van der Waals surface area contributed by atoms with Crippen molar-refractivity contribution in [1.82, 2.24) is 4.90 Å². The van der Waals surface area contributed by atoms with Gasteiger partial charge in [0.25, 0.3) is 0 Å². The summed E-state index contributed by atoms with van der Waals surface area (Å²) in [4.78, 5) is 12.4. The van der Waals surface area contributed by atoms with E-state index in [1.807, 2.05) is 12.1 Å². The van der Waals surface area contributed by atoms with E-state index in [1.54, 1.807) is 0 Å². The molecule has 2 N–H and O–H groups in total. The molecule has 1 unspecified atom stereocenters. The number of likely N-dealkylation sites (tertiary alicyclic amines) is 1. The van der Waals surface area contributed by atoms with Crippen LogP contribution in [0.25, 0.3) is 6.08 Å². The zero-order chi connectivity index (χ0) is 16.2. The Morgan fingerprint density at radius 2 is 1.74 bits per heavy atom. The van der Waals surface area contributed by atoms with Crippen LogP contribution in [0.3, 0.4) is 0 Å². The number of aliphatic hydroxyl groups is 1. The van der Waals surface area contributed by atoms with Crippen molar-refractivity contribution < 1.29 is 15.0 Å². The molecule has 3 rings (SSSR count). The molecule has 1 saturated carbocycles. The van der Waals surface area contributed by atoms with Gasteiger partial charge >= 0.3 is 6.09 Å². The normalized spacial score (nSPS) is 20.6. The molecule has 1 heterocycles. The topological polar surface area (TPSA) is 60.8 Å². The Balaban J connectivity index is 1.61. The fraction of sp³-hybridized carbons (Fsp3) is 0.526. The third-order valence-electron chi connectivity index (χ3n) is 5.17. The predicted molar refractivity (Wildman–Crippen MR) is 90.2 cm³/mol. The monoisotopic (exact) mass is 315 g/mol. The van der Waals surface area contributed by atoms with Crippen molar-refractivity contribution in [2.24, 2.45) is 5.92 Å². The van der Waals surface area contributed by atoms with E-state index in [9.17, 15) is 9.90 Å². The van der Waals surface area contributed by atoms with Crippen molar-refractivity contribution in [2.75, 3.05) is 13.1 Å². The van der Waals surface area contributed by atoms with Crippen molar-refractivity contribution in [3.8, 4) is 0 Å². The fourth-order valence-electron chi connectivity index (χ4n) is 3.70. The summed E-state index contributed by atoms with van der Waals surface area (Å²) in [7, 11) is 0. The van der Waals surface area contributed by atoms with Crippen molar-refractivity contribution in [3.63, 3.8) is 0 Å². The van der Waals surface area contributed by atoms with E-state index in [1.165, 1.54) is 23.3 Å². The van der Waals surface area contributed by atoms with Crippen LogP contribution in [0.5, 0.6) is 0 Å². The Labute approximate surface area is 137 Å². The van der Waals surface area contributed by atoms with Gasteiger partial charge in [0, 0.05) is 13.1 Å². The van der Waals surface area contributed by atoms with E-state index < -0.39 is 6.09 Å².